The van der Waals surface area contributed by atoms with Gasteiger partial charge in [-0.2, -0.15) is 17.0 Å². The molecule has 1 fully saturated rings. The SMILES string of the molecule is CCN(CC)S(=O)(=O)N1CCC(C(=O)c2ccc(CC(C)C)cc2)CC1. The van der Waals surface area contributed by atoms with Crippen LogP contribution in [0.2, 0.25) is 0 Å². The van der Waals surface area contributed by atoms with Crippen LogP contribution in [0.1, 0.15) is 56.5 Å². The summed E-state index contributed by atoms with van der Waals surface area (Å²) in [6.45, 7) is 9.83. The molecule has 0 aliphatic carbocycles. The standard InChI is InChI=1S/C20H32N2O3S/c1-5-21(6-2)26(24,25)22-13-11-19(12-14-22)20(23)18-9-7-17(8-10-18)15-16(3)4/h7-10,16,19H,5-6,11-15H2,1-4H3. The van der Waals surface area contributed by atoms with Gasteiger partial charge in [-0.15, -0.1) is 0 Å². The molecule has 0 bridgehead atoms. The Balaban J connectivity index is 1.98. The summed E-state index contributed by atoms with van der Waals surface area (Å²) in [5.41, 5.74) is 1.99. The number of ketones is 1. The maximum Gasteiger partial charge on any atom is 0.281 e. The molecule has 0 radical (unpaired) electrons. The summed E-state index contributed by atoms with van der Waals surface area (Å²) < 4.78 is 28.2. The van der Waals surface area contributed by atoms with E-state index in [-0.39, 0.29) is 11.7 Å². The molecular formula is C20H32N2O3S. The van der Waals surface area contributed by atoms with Crippen molar-refractivity contribution >= 4 is 16.0 Å². The maximum atomic E-state index is 12.8. The summed E-state index contributed by atoms with van der Waals surface area (Å²) in [7, 11) is -3.40. The summed E-state index contributed by atoms with van der Waals surface area (Å²) in [5, 5.41) is 0. The third kappa shape index (κ3) is 4.93. The van der Waals surface area contributed by atoms with Crippen molar-refractivity contribution in [1.29, 1.82) is 0 Å². The van der Waals surface area contributed by atoms with E-state index in [2.05, 4.69) is 13.8 Å². The molecule has 0 amide bonds. The molecule has 26 heavy (non-hydrogen) atoms. The van der Waals surface area contributed by atoms with Crippen molar-refractivity contribution in [2.75, 3.05) is 26.2 Å². The summed E-state index contributed by atoms with van der Waals surface area (Å²) in [5.74, 6) is 0.642. The lowest BCUT2D eigenvalue weighted by atomic mass is 9.89. The zero-order valence-corrected chi connectivity index (χ0v) is 17.3. The number of Topliss-reactive ketones (excluding diaryl/α,β-unsaturated/α-hetero) is 1. The minimum atomic E-state index is -3.40. The molecule has 146 valence electrons. The number of benzene rings is 1. The van der Waals surface area contributed by atoms with E-state index in [1.54, 1.807) is 0 Å². The van der Waals surface area contributed by atoms with Gasteiger partial charge in [0.15, 0.2) is 5.78 Å². The molecule has 0 unspecified atom stereocenters. The first-order valence-corrected chi connectivity index (χ1v) is 11.1. The summed E-state index contributed by atoms with van der Waals surface area (Å²) in [4.78, 5) is 12.8. The second-order valence-corrected chi connectivity index (χ2v) is 9.35. The Morgan fingerprint density at radius 2 is 1.65 bits per heavy atom. The van der Waals surface area contributed by atoms with E-state index in [1.807, 2.05) is 38.1 Å². The van der Waals surface area contributed by atoms with Crippen LogP contribution in [0, 0.1) is 11.8 Å². The van der Waals surface area contributed by atoms with Crippen LogP contribution < -0.4 is 0 Å². The average molecular weight is 381 g/mol. The average Bonchev–Trinajstić information content (AvgIpc) is 2.62. The summed E-state index contributed by atoms with van der Waals surface area (Å²) in [6, 6.07) is 7.90. The zero-order valence-electron chi connectivity index (χ0n) is 16.4. The first-order chi connectivity index (χ1) is 12.3. The fraction of sp³-hybridized carbons (Fsp3) is 0.650. The van der Waals surface area contributed by atoms with Gasteiger partial charge in [-0.1, -0.05) is 52.0 Å². The molecule has 0 aromatic heterocycles. The van der Waals surface area contributed by atoms with Gasteiger partial charge in [0.25, 0.3) is 10.2 Å². The van der Waals surface area contributed by atoms with E-state index in [4.69, 9.17) is 0 Å². The lowest BCUT2D eigenvalue weighted by molar-refractivity contribution is 0.0873. The fourth-order valence-electron chi connectivity index (χ4n) is 3.57. The molecule has 6 heteroatoms. The number of piperidine rings is 1. The summed E-state index contributed by atoms with van der Waals surface area (Å²) >= 11 is 0. The van der Waals surface area contributed by atoms with Crippen LogP contribution in [-0.2, 0) is 16.6 Å². The van der Waals surface area contributed by atoms with Gasteiger partial charge in [0.05, 0.1) is 0 Å². The van der Waals surface area contributed by atoms with Crippen molar-refractivity contribution in [3.8, 4) is 0 Å². The van der Waals surface area contributed by atoms with Crippen molar-refractivity contribution in [2.24, 2.45) is 11.8 Å². The third-order valence-corrected chi connectivity index (χ3v) is 7.25. The Morgan fingerprint density at radius 1 is 1.12 bits per heavy atom. The second kappa shape index (κ2) is 9.11. The van der Waals surface area contributed by atoms with E-state index in [0.29, 0.717) is 44.9 Å². The van der Waals surface area contributed by atoms with E-state index < -0.39 is 10.2 Å². The molecule has 0 N–H and O–H groups in total. The van der Waals surface area contributed by atoms with Crippen LogP contribution in [0.5, 0.6) is 0 Å². The molecule has 0 saturated carbocycles. The van der Waals surface area contributed by atoms with Gasteiger partial charge in [-0.25, -0.2) is 0 Å². The Morgan fingerprint density at radius 3 is 2.12 bits per heavy atom. The van der Waals surface area contributed by atoms with Crippen molar-refractivity contribution < 1.29 is 13.2 Å². The smallest absolute Gasteiger partial charge is 0.281 e. The monoisotopic (exact) mass is 380 g/mol. The van der Waals surface area contributed by atoms with Gasteiger partial charge in [0, 0.05) is 37.7 Å². The molecule has 1 saturated heterocycles. The normalized spacial score (nSPS) is 17.2. The number of hydrogen-bond acceptors (Lipinski definition) is 3. The molecule has 0 spiro atoms. The predicted octanol–water partition coefficient (Wildman–Crippen LogP) is 3.37. The van der Waals surface area contributed by atoms with Gasteiger partial charge in [-0.3, -0.25) is 4.79 Å². The molecule has 1 aromatic carbocycles. The van der Waals surface area contributed by atoms with E-state index in [9.17, 15) is 13.2 Å². The highest BCUT2D eigenvalue weighted by molar-refractivity contribution is 7.86. The Hall–Kier alpha value is -1.24. The van der Waals surface area contributed by atoms with Gasteiger partial charge in [0.2, 0.25) is 0 Å². The number of nitrogens with zero attached hydrogens (tertiary/aromatic N) is 2. The van der Waals surface area contributed by atoms with Crippen molar-refractivity contribution in [3.05, 3.63) is 35.4 Å². The zero-order chi connectivity index (χ0) is 19.3. The first kappa shape index (κ1) is 21.1. The number of carbonyl (C=O) groups is 1. The van der Waals surface area contributed by atoms with E-state index in [1.165, 1.54) is 14.2 Å². The van der Waals surface area contributed by atoms with Crippen molar-refractivity contribution in [1.82, 2.24) is 8.61 Å². The lowest BCUT2D eigenvalue weighted by Gasteiger charge is -2.33. The minimum Gasteiger partial charge on any atom is -0.294 e. The predicted molar refractivity (Wildman–Crippen MR) is 105 cm³/mol. The largest absolute Gasteiger partial charge is 0.294 e. The van der Waals surface area contributed by atoms with Crippen LogP contribution in [0.3, 0.4) is 0 Å². The van der Waals surface area contributed by atoms with E-state index >= 15 is 0 Å². The van der Waals surface area contributed by atoms with Gasteiger partial charge >= 0.3 is 0 Å². The Bertz CT molecular complexity index is 686. The highest BCUT2D eigenvalue weighted by Crippen LogP contribution is 2.25. The second-order valence-electron chi connectivity index (χ2n) is 7.42. The fourth-order valence-corrected chi connectivity index (χ4v) is 5.23. The third-order valence-electron chi connectivity index (χ3n) is 5.07. The molecule has 1 aromatic rings. The minimum absolute atomic E-state index is 0.0888. The molecule has 1 heterocycles. The molecular weight excluding hydrogens is 348 g/mol. The summed E-state index contributed by atoms with van der Waals surface area (Å²) in [6.07, 6.45) is 2.19. The van der Waals surface area contributed by atoms with Gasteiger partial charge < -0.3 is 0 Å². The molecule has 0 atom stereocenters. The Kier molecular flexibility index (Phi) is 7.38. The first-order valence-electron chi connectivity index (χ1n) is 9.67. The molecule has 5 nitrogen and oxygen atoms in total. The quantitative estimate of drug-likeness (QED) is 0.650. The van der Waals surface area contributed by atoms with Gasteiger partial charge in [-0.05, 0) is 30.7 Å². The number of carbonyl (C=O) groups excluding carboxylic acids is 1. The number of hydrogen-bond donors (Lipinski definition) is 0. The molecule has 2 rings (SSSR count). The highest BCUT2D eigenvalue weighted by Gasteiger charge is 2.33. The molecule has 1 aliphatic rings. The van der Waals surface area contributed by atoms with Gasteiger partial charge in [0.1, 0.15) is 0 Å². The van der Waals surface area contributed by atoms with Crippen molar-refractivity contribution in [3.63, 3.8) is 0 Å². The topological polar surface area (TPSA) is 57.7 Å². The molecule has 1 aliphatic heterocycles. The lowest BCUT2D eigenvalue weighted by Crippen LogP contribution is -2.47. The Labute approximate surface area is 158 Å². The van der Waals surface area contributed by atoms with Crippen LogP contribution in [0.15, 0.2) is 24.3 Å². The number of rotatable bonds is 8. The van der Waals surface area contributed by atoms with Crippen molar-refractivity contribution in [2.45, 2.75) is 47.0 Å². The van der Waals surface area contributed by atoms with Crippen LogP contribution in [0.25, 0.3) is 0 Å². The van der Waals surface area contributed by atoms with Crippen LogP contribution in [0.4, 0.5) is 0 Å². The van der Waals surface area contributed by atoms with Crippen LogP contribution in [-0.4, -0.2) is 49.0 Å². The highest BCUT2D eigenvalue weighted by atomic mass is 32.2. The van der Waals surface area contributed by atoms with E-state index in [0.717, 1.165) is 12.0 Å². The maximum absolute atomic E-state index is 12.8. The van der Waals surface area contributed by atoms with Crippen LogP contribution >= 0.6 is 0 Å².